The molecular formula is C16H20ClFN2O. The summed E-state index contributed by atoms with van der Waals surface area (Å²) in [5.41, 5.74) is 1.56. The van der Waals surface area contributed by atoms with Crippen molar-refractivity contribution in [2.75, 3.05) is 7.11 Å². The maximum atomic E-state index is 13.9. The van der Waals surface area contributed by atoms with Crippen molar-refractivity contribution in [3.05, 3.63) is 23.8 Å². The van der Waals surface area contributed by atoms with Gasteiger partial charge in [0.05, 0.1) is 24.0 Å². The Balaban J connectivity index is 2.23. The lowest BCUT2D eigenvalue weighted by atomic mass is 9.83. The average Bonchev–Trinajstić information content (AvgIpc) is 2.85. The largest absolute Gasteiger partial charge is 0.494 e. The highest BCUT2D eigenvalue weighted by Gasteiger charge is 2.32. The highest BCUT2D eigenvalue weighted by molar-refractivity contribution is 6.16. The standard InChI is InChI=1S/C16H20ClFN2O/c1-16(6-4-3-5-7-16)20-13-9-14(21-2)11(18)8-12(13)19-15(20)10-17/h8-9H,3-7,10H2,1-2H3. The lowest BCUT2D eigenvalue weighted by Crippen LogP contribution is -2.33. The predicted octanol–water partition coefficient (Wildman–Crippen LogP) is 4.60. The van der Waals surface area contributed by atoms with Crippen LogP contribution in [-0.2, 0) is 11.4 Å². The molecule has 3 nitrogen and oxygen atoms in total. The molecule has 21 heavy (non-hydrogen) atoms. The molecular weight excluding hydrogens is 291 g/mol. The fourth-order valence-electron chi connectivity index (χ4n) is 3.51. The smallest absolute Gasteiger partial charge is 0.167 e. The third kappa shape index (κ3) is 2.39. The molecule has 0 radical (unpaired) electrons. The number of nitrogens with zero attached hydrogens (tertiary/aromatic N) is 2. The Hall–Kier alpha value is -1.29. The normalized spacial score (nSPS) is 18.1. The van der Waals surface area contributed by atoms with E-state index in [0.717, 1.165) is 24.2 Å². The number of methoxy groups -OCH3 is 1. The number of alkyl halides is 1. The SMILES string of the molecule is COc1cc2c(cc1F)nc(CCl)n2C1(C)CCCCC1. The molecule has 0 saturated heterocycles. The van der Waals surface area contributed by atoms with Crippen LogP contribution in [0.5, 0.6) is 5.75 Å². The summed E-state index contributed by atoms with van der Waals surface area (Å²) in [5.74, 6) is 1.01. The molecule has 1 fully saturated rings. The second-order valence-electron chi connectivity index (χ2n) is 6.03. The van der Waals surface area contributed by atoms with Gasteiger partial charge < -0.3 is 9.30 Å². The van der Waals surface area contributed by atoms with Crippen molar-refractivity contribution in [1.29, 1.82) is 0 Å². The van der Waals surface area contributed by atoms with Gasteiger partial charge in [0.1, 0.15) is 5.82 Å². The number of halogens is 2. The second kappa shape index (κ2) is 5.48. The summed E-state index contributed by atoms with van der Waals surface area (Å²) in [4.78, 5) is 4.52. The number of benzene rings is 1. The van der Waals surface area contributed by atoms with Crippen molar-refractivity contribution in [3.63, 3.8) is 0 Å². The first kappa shape index (κ1) is 14.6. The molecule has 114 valence electrons. The second-order valence-corrected chi connectivity index (χ2v) is 6.30. The van der Waals surface area contributed by atoms with Crippen molar-refractivity contribution >= 4 is 22.6 Å². The zero-order valence-electron chi connectivity index (χ0n) is 12.5. The summed E-state index contributed by atoms with van der Waals surface area (Å²) in [6.45, 7) is 2.25. The Morgan fingerprint density at radius 3 is 2.67 bits per heavy atom. The maximum Gasteiger partial charge on any atom is 0.167 e. The van der Waals surface area contributed by atoms with Crippen molar-refractivity contribution in [2.45, 2.75) is 50.4 Å². The molecule has 0 N–H and O–H groups in total. The maximum absolute atomic E-state index is 13.9. The Morgan fingerprint density at radius 2 is 2.05 bits per heavy atom. The predicted molar refractivity (Wildman–Crippen MR) is 82.5 cm³/mol. The van der Waals surface area contributed by atoms with Gasteiger partial charge in [0, 0.05) is 17.7 Å². The van der Waals surface area contributed by atoms with Crippen molar-refractivity contribution < 1.29 is 9.13 Å². The number of aromatic nitrogens is 2. The van der Waals surface area contributed by atoms with Gasteiger partial charge in [0.25, 0.3) is 0 Å². The van der Waals surface area contributed by atoms with Crippen LogP contribution < -0.4 is 4.74 Å². The molecule has 0 spiro atoms. The zero-order valence-corrected chi connectivity index (χ0v) is 13.2. The number of ether oxygens (including phenoxy) is 1. The van der Waals surface area contributed by atoms with Gasteiger partial charge in [-0.2, -0.15) is 0 Å². The molecule has 0 bridgehead atoms. The number of imidazole rings is 1. The summed E-state index contributed by atoms with van der Waals surface area (Å²) < 4.78 is 21.2. The number of hydrogen-bond acceptors (Lipinski definition) is 2. The average molecular weight is 311 g/mol. The molecule has 1 aliphatic carbocycles. The first-order valence-electron chi connectivity index (χ1n) is 7.40. The molecule has 1 saturated carbocycles. The van der Waals surface area contributed by atoms with Crippen LogP contribution in [0.2, 0.25) is 0 Å². The van der Waals surface area contributed by atoms with Crippen LogP contribution in [0.1, 0.15) is 44.9 Å². The van der Waals surface area contributed by atoms with E-state index < -0.39 is 0 Å². The number of hydrogen-bond donors (Lipinski definition) is 0. The Morgan fingerprint density at radius 1 is 1.33 bits per heavy atom. The van der Waals surface area contributed by atoms with E-state index in [2.05, 4.69) is 16.5 Å². The van der Waals surface area contributed by atoms with Crippen LogP contribution in [-0.4, -0.2) is 16.7 Å². The molecule has 5 heteroatoms. The van der Waals surface area contributed by atoms with Gasteiger partial charge in [-0.25, -0.2) is 9.37 Å². The molecule has 1 aromatic heterocycles. The van der Waals surface area contributed by atoms with Crippen LogP contribution in [0.3, 0.4) is 0 Å². The summed E-state index contributed by atoms with van der Waals surface area (Å²) >= 11 is 6.09. The first-order valence-corrected chi connectivity index (χ1v) is 7.94. The van der Waals surface area contributed by atoms with Crippen molar-refractivity contribution in [1.82, 2.24) is 9.55 Å². The summed E-state index contributed by atoms with van der Waals surface area (Å²) in [5, 5.41) is 0. The minimum atomic E-state index is -0.385. The van der Waals surface area contributed by atoms with Gasteiger partial charge in [-0.05, 0) is 19.8 Å². The lowest BCUT2D eigenvalue weighted by Gasteiger charge is -2.36. The molecule has 0 aliphatic heterocycles. The van der Waals surface area contributed by atoms with Gasteiger partial charge >= 0.3 is 0 Å². The molecule has 0 atom stereocenters. The summed E-state index contributed by atoms with van der Waals surface area (Å²) in [6, 6.07) is 3.18. The highest BCUT2D eigenvalue weighted by Crippen LogP contribution is 2.39. The van der Waals surface area contributed by atoms with Crippen LogP contribution in [0.4, 0.5) is 4.39 Å². The van der Waals surface area contributed by atoms with Gasteiger partial charge in [-0.1, -0.05) is 19.3 Å². The van der Waals surface area contributed by atoms with Gasteiger partial charge in [-0.15, -0.1) is 11.6 Å². The van der Waals surface area contributed by atoms with E-state index in [4.69, 9.17) is 16.3 Å². The van der Waals surface area contributed by atoms with E-state index in [1.807, 2.05) is 0 Å². The Kier molecular flexibility index (Phi) is 3.82. The molecule has 1 aliphatic rings. The van der Waals surface area contributed by atoms with E-state index in [1.165, 1.54) is 32.4 Å². The van der Waals surface area contributed by atoms with E-state index >= 15 is 0 Å². The van der Waals surface area contributed by atoms with E-state index in [0.29, 0.717) is 11.4 Å². The molecule has 3 rings (SSSR count). The zero-order chi connectivity index (χ0) is 15.0. The molecule has 0 amide bonds. The topological polar surface area (TPSA) is 27.1 Å². The lowest BCUT2D eigenvalue weighted by molar-refractivity contribution is 0.220. The number of rotatable bonds is 3. The van der Waals surface area contributed by atoms with Crippen LogP contribution in [0, 0.1) is 5.82 Å². The molecule has 2 aromatic rings. The Labute approximate surface area is 129 Å². The van der Waals surface area contributed by atoms with E-state index in [9.17, 15) is 4.39 Å². The fraction of sp³-hybridized carbons (Fsp3) is 0.562. The van der Waals surface area contributed by atoms with Crippen LogP contribution in [0.15, 0.2) is 12.1 Å². The third-order valence-electron chi connectivity index (χ3n) is 4.59. The van der Waals surface area contributed by atoms with Crippen LogP contribution >= 0.6 is 11.6 Å². The quantitative estimate of drug-likeness (QED) is 0.775. The van der Waals surface area contributed by atoms with Gasteiger partial charge in [0.15, 0.2) is 11.6 Å². The minimum Gasteiger partial charge on any atom is -0.494 e. The third-order valence-corrected chi connectivity index (χ3v) is 4.83. The highest BCUT2D eigenvalue weighted by atomic mass is 35.5. The fourth-order valence-corrected chi connectivity index (χ4v) is 3.69. The summed E-state index contributed by atoms with van der Waals surface area (Å²) in [7, 11) is 1.48. The minimum absolute atomic E-state index is 0.0000638. The molecule has 0 unspecified atom stereocenters. The molecule has 1 heterocycles. The van der Waals surface area contributed by atoms with Crippen molar-refractivity contribution in [2.24, 2.45) is 0 Å². The van der Waals surface area contributed by atoms with Crippen molar-refractivity contribution in [3.8, 4) is 5.75 Å². The summed E-state index contributed by atoms with van der Waals surface area (Å²) in [6.07, 6.45) is 5.88. The van der Waals surface area contributed by atoms with Crippen LogP contribution in [0.25, 0.3) is 11.0 Å². The van der Waals surface area contributed by atoms with Gasteiger partial charge in [-0.3, -0.25) is 0 Å². The van der Waals surface area contributed by atoms with Gasteiger partial charge in [0.2, 0.25) is 0 Å². The number of fused-ring (bicyclic) bond motifs is 1. The van der Waals surface area contributed by atoms with E-state index in [1.54, 1.807) is 6.07 Å². The molecule has 1 aromatic carbocycles. The monoisotopic (exact) mass is 310 g/mol. The van der Waals surface area contributed by atoms with E-state index in [-0.39, 0.29) is 17.1 Å². The Bertz CT molecular complexity index is 662. The first-order chi connectivity index (χ1) is 10.1.